The first-order valence-electron chi connectivity index (χ1n) is 5.94. The van der Waals surface area contributed by atoms with E-state index in [-0.39, 0.29) is 11.8 Å². The minimum Gasteiger partial charge on any atom is -0.389 e. The molecular formula is C13H17N3OS. The van der Waals surface area contributed by atoms with E-state index in [4.69, 9.17) is 23.7 Å². The van der Waals surface area contributed by atoms with E-state index in [2.05, 4.69) is 4.90 Å². The van der Waals surface area contributed by atoms with Crippen LogP contribution < -0.4 is 16.4 Å². The summed E-state index contributed by atoms with van der Waals surface area (Å²) in [4.78, 5) is 13.8. The molecule has 2 rings (SSSR count). The highest BCUT2D eigenvalue weighted by Crippen LogP contribution is 2.30. The zero-order valence-corrected chi connectivity index (χ0v) is 11.2. The maximum atomic E-state index is 11.2. The maximum Gasteiger partial charge on any atom is 0.222 e. The molecule has 1 aromatic rings. The Morgan fingerprint density at radius 3 is 2.72 bits per heavy atom. The number of hydrogen-bond donors (Lipinski definition) is 2. The van der Waals surface area contributed by atoms with Crippen LogP contribution in [-0.2, 0) is 4.79 Å². The monoisotopic (exact) mass is 263 g/mol. The fourth-order valence-electron chi connectivity index (χ4n) is 2.47. The van der Waals surface area contributed by atoms with E-state index in [9.17, 15) is 4.79 Å². The van der Waals surface area contributed by atoms with Crippen LogP contribution in [0, 0.1) is 12.8 Å². The molecule has 18 heavy (non-hydrogen) atoms. The summed E-state index contributed by atoms with van der Waals surface area (Å²) in [6, 6.07) is 5.88. The Labute approximate surface area is 112 Å². The fourth-order valence-corrected chi connectivity index (χ4v) is 2.64. The molecule has 0 bridgehead atoms. The first-order chi connectivity index (χ1) is 8.50. The molecule has 1 atom stereocenters. The van der Waals surface area contributed by atoms with Crippen molar-refractivity contribution in [1.82, 2.24) is 0 Å². The van der Waals surface area contributed by atoms with E-state index in [0.29, 0.717) is 11.5 Å². The zero-order chi connectivity index (χ0) is 13.3. The predicted molar refractivity (Wildman–Crippen MR) is 76.6 cm³/mol. The number of aryl methyl sites for hydroxylation is 1. The second-order valence-corrected chi connectivity index (χ2v) is 5.11. The lowest BCUT2D eigenvalue weighted by molar-refractivity contribution is -0.121. The van der Waals surface area contributed by atoms with Crippen molar-refractivity contribution >= 4 is 28.8 Å². The van der Waals surface area contributed by atoms with Crippen LogP contribution in [0.15, 0.2) is 18.2 Å². The minimum atomic E-state index is -0.233. The number of primary amides is 1. The molecule has 0 saturated carbocycles. The molecule has 0 aliphatic carbocycles. The number of rotatable bonds is 3. The van der Waals surface area contributed by atoms with E-state index in [1.807, 2.05) is 25.1 Å². The number of nitrogens with zero attached hydrogens (tertiary/aromatic N) is 1. The van der Waals surface area contributed by atoms with Crippen LogP contribution in [0.1, 0.15) is 17.5 Å². The molecule has 1 heterocycles. The molecule has 1 amide bonds. The quantitative estimate of drug-likeness (QED) is 0.796. The van der Waals surface area contributed by atoms with Gasteiger partial charge in [-0.1, -0.05) is 24.4 Å². The van der Waals surface area contributed by atoms with Gasteiger partial charge in [-0.2, -0.15) is 0 Å². The summed E-state index contributed by atoms with van der Waals surface area (Å²) in [5.74, 6) is -0.313. The van der Waals surface area contributed by atoms with Crippen molar-refractivity contribution in [2.24, 2.45) is 17.4 Å². The number of nitrogens with two attached hydrogens (primary N) is 2. The van der Waals surface area contributed by atoms with Crippen molar-refractivity contribution in [3.05, 3.63) is 29.3 Å². The van der Waals surface area contributed by atoms with Crippen LogP contribution in [0.4, 0.5) is 5.69 Å². The Morgan fingerprint density at radius 1 is 1.44 bits per heavy atom. The summed E-state index contributed by atoms with van der Waals surface area (Å²) < 4.78 is 0. The molecule has 1 saturated heterocycles. The Bertz CT molecular complexity index is 501. The second-order valence-electron chi connectivity index (χ2n) is 4.67. The molecule has 0 radical (unpaired) electrons. The number of carbonyl (C=O) groups excluding carboxylic acids is 1. The van der Waals surface area contributed by atoms with Crippen LogP contribution in [-0.4, -0.2) is 24.0 Å². The molecule has 1 unspecified atom stereocenters. The van der Waals surface area contributed by atoms with E-state index in [1.54, 1.807) is 0 Å². The minimum absolute atomic E-state index is 0.0798. The summed E-state index contributed by atoms with van der Waals surface area (Å²) in [7, 11) is 0. The van der Waals surface area contributed by atoms with Gasteiger partial charge in [0.1, 0.15) is 4.99 Å². The number of anilines is 1. The predicted octanol–water partition coefficient (Wildman–Crippen LogP) is 0.941. The SMILES string of the molecule is Cc1cccc(C(N)=S)c1N1CCC(C(N)=O)C1. The topological polar surface area (TPSA) is 72.3 Å². The average Bonchev–Trinajstić information content (AvgIpc) is 2.77. The van der Waals surface area contributed by atoms with Gasteiger partial charge in [0.25, 0.3) is 0 Å². The third-order valence-corrected chi connectivity index (χ3v) is 3.63. The first-order valence-corrected chi connectivity index (χ1v) is 6.35. The number of carbonyl (C=O) groups is 1. The zero-order valence-electron chi connectivity index (χ0n) is 10.3. The third kappa shape index (κ3) is 2.31. The van der Waals surface area contributed by atoms with E-state index < -0.39 is 0 Å². The molecular weight excluding hydrogens is 246 g/mol. The molecule has 96 valence electrons. The highest BCUT2D eigenvalue weighted by molar-refractivity contribution is 7.80. The first kappa shape index (κ1) is 12.8. The van der Waals surface area contributed by atoms with Gasteiger partial charge < -0.3 is 16.4 Å². The normalized spacial score (nSPS) is 18.9. The summed E-state index contributed by atoms with van der Waals surface area (Å²) in [5, 5.41) is 0. The number of benzene rings is 1. The lowest BCUT2D eigenvalue weighted by Gasteiger charge is -2.23. The Hall–Kier alpha value is -1.62. The van der Waals surface area contributed by atoms with Gasteiger partial charge in [0.15, 0.2) is 0 Å². The van der Waals surface area contributed by atoms with Crippen LogP contribution in [0.3, 0.4) is 0 Å². The van der Waals surface area contributed by atoms with Crippen LogP contribution in [0.25, 0.3) is 0 Å². The van der Waals surface area contributed by atoms with Crippen molar-refractivity contribution in [1.29, 1.82) is 0 Å². The van der Waals surface area contributed by atoms with Crippen LogP contribution in [0.5, 0.6) is 0 Å². The molecule has 1 aromatic carbocycles. The standard InChI is InChI=1S/C13H17N3OS/c1-8-3-2-4-10(13(15)18)11(8)16-6-5-9(7-16)12(14)17/h2-4,9H,5-7H2,1H3,(H2,14,17)(H2,15,18). The lowest BCUT2D eigenvalue weighted by Crippen LogP contribution is -2.29. The Balaban J connectivity index is 2.34. The summed E-state index contributed by atoms with van der Waals surface area (Å²) in [6.45, 7) is 3.48. The van der Waals surface area contributed by atoms with Gasteiger partial charge in [-0.15, -0.1) is 0 Å². The molecule has 0 spiro atoms. The Kier molecular flexibility index (Phi) is 3.52. The van der Waals surface area contributed by atoms with Gasteiger partial charge in [0, 0.05) is 24.3 Å². The molecule has 4 nitrogen and oxygen atoms in total. The van der Waals surface area contributed by atoms with Gasteiger partial charge >= 0.3 is 0 Å². The van der Waals surface area contributed by atoms with Gasteiger partial charge in [-0.05, 0) is 25.0 Å². The van der Waals surface area contributed by atoms with Gasteiger partial charge in [0.05, 0.1) is 5.92 Å². The third-order valence-electron chi connectivity index (χ3n) is 3.41. The molecule has 0 aromatic heterocycles. The van der Waals surface area contributed by atoms with Crippen LogP contribution >= 0.6 is 12.2 Å². The summed E-state index contributed by atoms with van der Waals surface area (Å²) in [5.41, 5.74) is 14.1. The van der Waals surface area contributed by atoms with Crippen molar-refractivity contribution < 1.29 is 4.79 Å². The highest BCUT2D eigenvalue weighted by Gasteiger charge is 2.28. The number of amides is 1. The van der Waals surface area contributed by atoms with Crippen molar-refractivity contribution in [3.8, 4) is 0 Å². The molecule has 1 fully saturated rings. The van der Waals surface area contributed by atoms with Gasteiger partial charge in [0.2, 0.25) is 5.91 Å². The summed E-state index contributed by atoms with van der Waals surface area (Å²) in [6.07, 6.45) is 0.792. The average molecular weight is 263 g/mol. The molecule has 5 heteroatoms. The van der Waals surface area contributed by atoms with Crippen molar-refractivity contribution in [3.63, 3.8) is 0 Å². The number of para-hydroxylation sites is 1. The van der Waals surface area contributed by atoms with Gasteiger partial charge in [-0.25, -0.2) is 0 Å². The maximum absolute atomic E-state index is 11.2. The van der Waals surface area contributed by atoms with Crippen molar-refractivity contribution in [2.45, 2.75) is 13.3 Å². The van der Waals surface area contributed by atoms with Crippen molar-refractivity contribution in [2.75, 3.05) is 18.0 Å². The largest absolute Gasteiger partial charge is 0.389 e. The molecule has 1 aliphatic heterocycles. The summed E-state index contributed by atoms with van der Waals surface area (Å²) >= 11 is 5.09. The number of hydrogen-bond acceptors (Lipinski definition) is 3. The smallest absolute Gasteiger partial charge is 0.222 e. The lowest BCUT2D eigenvalue weighted by atomic mass is 10.1. The van der Waals surface area contributed by atoms with E-state index in [0.717, 1.165) is 29.8 Å². The van der Waals surface area contributed by atoms with E-state index in [1.165, 1.54) is 0 Å². The molecule has 4 N–H and O–H groups in total. The Morgan fingerprint density at radius 2 is 2.17 bits per heavy atom. The second kappa shape index (κ2) is 4.94. The van der Waals surface area contributed by atoms with Gasteiger partial charge in [-0.3, -0.25) is 4.79 Å². The molecule has 1 aliphatic rings. The fraction of sp³-hybridized carbons (Fsp3) is 0.385. The van der Waals surface area contributed by atoms with Crippen LogP contribution in [0.2, 0.25) is 0 Å². The van der Waals surface area contributed by atoms with E-state index >= 15 is 0 Å². The highest BCUT2D eigenvalue weighted by atomic mass is 32.1. The number of thiocarbonyl (C=S) groups is 1.